The first kappa shape index (κ1) is 11.6. The summed E-state index contributed by atoms with van der Waals surface area (Å²) < 4.78 is 0. The fraction of sp³-hybridized carbons (Fsp3) is 0.214. The van der Waals surface area contributed by atoms with Crippen LogP contribution in [0.3, 0.4) is 0 Å². The van der Waals surface area contributed by atoms with Crippen LogP contribution in [-0.2, 0) is 0 Å². The van der Waals surface area contributed by atoms with Crippen molar-refractivity contribution in [3.63, 3.8) is 0 Å². The van der Waals surface area contributed by atoms with Gasteiger partial charge in [-0.3, -0.25) is 16.3 Å². The fourth-order valence-electron chi connectivity index (χ4n) is 1.97. The quantitative estimate of drug-likeness (QED) is 0.476. The maximum atomic E-state index is 5.59. The minimum Gasteiger partial charge on any atom is -0.271 e. The van der Waals surface area contributed by atoms with Crippen LogP contribution in [0.25, 0.3) is 10.9 Å². The molecule has 0 amide bonds. The standard InChI is InChI=1S/C14H15N3/c1-2-3-9-13(17-15)12-8-4-6-11-7-5-10-16-14(11)12/h1,4-8,10,13,17H,3,9,15H2. The lowest BCUT2D eigenvalue weighted by Gasteiger charge is -2.16. The Morgan fingerprint density at radius 3 is 2.94 bits per heavy atom. The largest absolute Gasteiger partial charge is 0.271 e. The molecular formula is C14H15N3. The third-order valence-corrected chi connectivity index (χ3v) is 2.82. The third-order valence-electron chi connectivity index (χ3n) is 2.82. The Hall–Kier alpha value is -1.89. The molecule has 1 heterocycles. The zero-order valence-corrected chi connectivity index (χ0v) is 9.56. The molecule has 1 aromatic carbocycles. The molecule has 1 aromatic heterocycles. The summed E-state index contributed by atoms with van der Waals surface area (Å²) in [5, 5.41) is 1.12. The van der Waals surface area contributed by atoms with E-state index in [9.17, 15) is 0 Å². The molecule has 3 N–H and O–H groups in total. The zero-order valence-electron chi connectivity index (χ0n) is 9.56. The van der Waals surface area contributed by atoms with Crippen LogP contribution >= 0.6 is 0 Å². The Morgan fingerprint density at radius 1 is 1.35 bits per heavy atom. The maximum Gasteiger partial charge on any atom is 0.0750 e. The predicted molar refractivity (Wildman–Crippen MR) is 69.9 cm³/mol. The second-order valence-electron chi connectivity index (χ2n) is 3.88. The van der Waals surface area contributed by atoms with Gasteiger partial charge in [-0.05, 0) is 18.1 Å². The van der Waals surface area contributed by atoms with Crippen molar-refractivity contribution in [2.75, 3.05) is 0 Å². The van der Waals surface area contributed by atoms with E-state index in [1.165, 1.54) is 0 Å². The smallest absolute Gasteiger partial charge is 0.0750 e. The SMILES string of the molecule is C#CCCC(NN)c1cccc2cccnc12. The summed E-state index contributed by atoms with van der Waals surface area (Å²) >= 11 is 0. The molecule has 0 spiro atoms. The van der Waals surface area contributed by atoms with Gasteiger partial charge in [-0.1, -0.05) is 24.3 Å². The first-order valence-electron chi connectivity index (χ1n) is 5.60. The van der Waals surface area contributed by atoms with E-state index in [1.54, 1.807) is 6.20 Å². The first-order chi connectivity index (χ1) is 8.36. The Labute approximate surface area is 101 Å². The minimum absolute atomic E-state index is 0.0460. The predicted octanol–water partition coefficient (Wildman–Crippen LogP) is 2.15. The van der Waals surface area contributed by atoms with Gasteiger partial charge in [-0.15, -0.1) is 12.3 Å². The van der Waals surface area contributed by atoms with Gasteiger partial charge in [0.05, 0.1) is 5.52 Å². The number of para-hydroxylation sites is 1. The van der Waals surface area contributed by atoms with Gasteiger partial charge in [0.2, 0.25) is 0 Å². The van der Waals surface area contributed by atoms with Crippen molar-refractivity contribution in [1.82, 2.24) is 10.4 Å². The van der Waals surface area contributed by atoms with Gasteiger partial charge >= 0.3 is 0 Å². The van der Waals surface area contributed by atoms with Gasteiger partial charge in [0.1, 0.15) is 0 Å². The Bertz CT molecular complexity index is 537. The number of nitrogens with one attached hydrogen (secondary N) is 1. The van der Waals surface area contributed by atoms with Crippen LogP contribution in [0.1, 0.15) is 24.4 Å². The number of nitrogens with two attached hydrogens (primary N) is 1. The number of rotatable bonds is 4. The molecule has 0 bridgehead atoms. The van der Waals surface area contributed by atoms with Crippen LogP contribution in [0.5, 0.6) is 0 Å². The number of hydrogen-bond donors (Lipinski definition) is 2. The summed E-state index contributed by atoms with van der Waals surface area (Å²) in [5.74, 6) is 8.22. The molecule has 1 atom stereocenters. The fourth-order valence-corrected chi connectivity index (χ4v) is 1.97. The molecule has 17 heavy (non-hydrogen) atoms. The number of hydrogen-bond acceptors (Lipinski definition) is 3. The van der Waals surface area contributed by atoms with E-state index in [1.807, 2.05) is 30.3 Å². The summed E-state index contributed by atoms with van der Waals surface area (Å²) in [6.45, 7) is 0. The highest BCUT2D eigenvalue weighted by atomic mass is 15.2. The van der Waals surface area contributed by atoms with Crippen molar-refractivity contribution in [1.29, 1.82) is 0 Å². The average Bonchev–Trinajstić information content (AvgIpc) is 2.40. The summed E-state index contributed by atoms with van der Waals surface area (Å²) in [7, 11) is 0. The van der Waals surface area contributed by atoms with Crippen molar-refractivity contribution in [3.05, 3.63) is 42.1 Å². The summed E-state index contributed by atoms with van der Waals surface area (Å²) in [4.78, 5) is 4.41. The number of nitrogens with zero attached hydrogens (tertiary/aromatic N) is 1. The Balaban J connectivity index is 2.43. The van der Waals surface area contributed by atoms with Crippen molar-refractivity contribution < 1.29 is 0 Å². The average molecular weight is 225 g/mol. The van der Waals surface area contributed by atoms with E-state index in [-0.39, 0.29) is 6.04 Å². The first-order valence-corrected chi connectivity index (χ1v) is 5.60. The van der Waals surface area contributed by atoms with Crippen LogP contribution in [-0.4, -0.2) is 4.98 Å². The molecule has 3 nitrogen and oxygen atoms in total. The number of terminal acetylenes is 1. The summed E-state index contributed by atoms with van der Waals surface area (Å²) in [6.07, 6.45) is 8.58. The molecule has 86 valence electrons. The number of hydrazine groups is 1. The second-order valence-corrected chi connectivity index (χ2v) is 3.88. The normalized spacial score (nSPS) is 12.2. The van der Waals surface area contributed by atoms with Crippen molar-refractivity contribution in [2.24, 2.45) is 5.84 Å². The zero-order chi connectivity index (χ0) is 12.1. The van der Waals surface area contributed by atoms with E-state index >= 15 is 0 Å². The molecule has 0 aliphatic carbocycles. The topological polar surface area (TPSA) is 50.9 Å². The van der Waals surface area contributed by atoms with Crippen LogP contribution in [0.4, 0.5) is 0 Å². The Morgan fingerprint density at radius 2 is 2.18 bits per heavy atom. The third kappa shape index (κ3) is 2.44. The number of aromatic nitrogens is 1. The van der Waals surface area contributed by atoms with Crippen LogP contribution in [0, 0.1) is 12.3 Å². The van der Waals surface area contributed by atoms with Crippen LogP contribution in [0.15, 0.2) is 36.5 Å². The minimum atomic E-state index is 0.0460. The highest BCUT2D eigenvalue weighted by molar-refractivity contribution is 5.81. The second kappa shape index (κ2) is 5.44. The molecule has 1 unspecified atom stereocenters. The lowest BCUT2D eigenvalue weighted by atomic mass is 9.99. The van der Waals surface area contributed by atoms with Gasteiger partial charge in [0.15, 0.2) is 0 Å². The number of fused-ring (bicyclic) bond motifs is 1. The molecule has 0 saturated heterocycles. The number of pyridine rings is 1. The van der Waals surface area contributed by atoms with E-state index in [0.29, 0.717) is 6.42 Å². The molecule has 2 aromatic rings. The Kier molecular flexibility index (Phi) is 3.71. The summed E-state index contributed by atoms with van der Waals surface area (Å²) in [5.41, 5.74) is 4.89. The molecule has 2 rings (SSSR count). The molecule has 0 radical (unpaired) electrons. The van der Waals surface area contributed by atoms with Crippen molar-refractivity contribution >= 4 is 10.9 Å². The van der Waals surface area contributed by atoms with Gasteiger partial charge in [-0.25, -0.2) is 0 Å². The molecule has 0 saturated carbocycles. The maximum absolute atomic E-state index is 5.59. The van der Waals surface area contributed by atoms with Gasteiger partial charge < -0.3 is 0 Å². The molecular weight excluding hydrogens is 210 g/mol. The van der Waals surface area contributed by atoms with E-state index in [0.717, 1.165) is 22.9 Å². The lowest BCUT2D eigenvalue weighted by Crippen LogP contribution is -2.28. The van der Waals surface area contributed by atoms with E-state index < -0.39 is 0 Å². The molecule has 0 aliphatic heterocycles. The van der Waals surface area contributed by atoms with Gasteiger partial charge in [0, 0.05) is 24.0 Å². The summed E-state index contributed by atoms with van der Waals surface area (Å²) in [6, 6.07) is 10.1. The highest BCUT2D eigenvalue weighted by Gasteiger charge is 2.12. The monoisotopic (exact) mass is 225 g/mol. The van der Waals surface area contributed by atoms with E-state index in [4.69, 9.17) is 12.3 Å². The van der Waals surface area contributed by atoms with Gasteiger partial charge in [-0.2, -0.15) is 0 Å². The van der Waals surface area contributed by atoms with Crippen LogP contribution < -0.4 is 11.3 Å². The molecule has 0 aliphatic rings. The highest BCUT2D eigenvalue weighted by Crippen LogP contribution is 2.24. The van der Waals surface area contributed by atoms with E-state index in [2.05, 4.69) is 16.3 Å². The molecule has 3 heteroatoms. The lowest BCUT2D eigenvalue weighted by molar-refractivity contribution is 0.526. The molecule has 0 fully saturated rings. The van der Waals surface area contributed by atoms with Crippen molar-refractivity contribution in [3.8, 4) is 12.3 Å². The van der Waals surface area contributed by atoms with Crippen LogP contribution in [0.2, 0.25) is 0 Å². The van der Waals surface area contributed by atoms with Crippen molar-refractivity contribution in [2.45, 2.75) is 18.9 Å². The number of benzene rings is 1. The van der Waals surface area contributed by atoms with Gasteiger partial charge in [0.25, 0.3) is 0 Å².